The maximum absolute atomic E-state index is 12.7. The first-order chi connectivity index (χ1) is 18.5. The van der Waals surface area contributed by atoms with Gasteiger partial charge in [0.2, 0.25) is 0 Å². The van der Waals surface area contributed by atoms with Gasteiger partial charge in [0.05, 0.1) is 5.92 Å². The van der Waals surface area contributed by atoms with Gasteiger partial charge in [0, 0.05) is 6.42 Å². The van der Waals surface area contributed by atoms with E-state index in [2.05, 4.69) is 34.6 Å². The van der Waals surface area contributed by atoms with E-state index >= 15 is 0 Å². The van der Waals surface area contributed by atoms with Gasteiger partial charge >= 0.3 is 11.9 Å². The van der Waals surface area contributed by atoms with Gasteiger partial charge in [-0.05, 0) is 150 Å². The van der Waals surface area contributed by atoms with E-state index in [0.29, 0.717) is 29.1 Å². The van der Waals surface area contributed by atoms with Crippen molar-refractivity contribution in [3.63, 3.8) is 0 Å². The summed E-state index contributed by atoms with van der Waals surface area (Å²) in [5.41, 5.74) is 0.633. The fraction of sp³-hybridized carbons (Fsp3) is 0.943. The molecule has 39 heavy (non-hydrogen) atoms. The molecule has 222 valence electrons. The highest BCUT2D eigenvalue weighted by Crippen LogP contribution is 2.68. The van der Waals surface area contributed by atoms with E-state index in [1.165, 1.54) is 57.8 Å². The molecule has 5 fully saturated rings. The first kappa shape index (κ1) is 29.4. The van der Waals surface area contributed by atoms with Crippen LogP contribution in [0.5, 0.6) is 0 Å². The topological polar surface area (TPSA) is 52.6 Å². The number of carbonyl (C=O) groups is 2. The van der Waals surface area contributed by atoms with Crippen molar-refractivity contribution in [1.29, 1.82) is 0 Å². The van der Waals surface area contributed by atoms with Crippen LogP contribution in [0.4, 0.5) is 0 Å². The first-order valence-electron chi connectivity index (χ1n) is 16.9. The zero-order valence-electron chi connectivity index (χ0n) is 26.1. The molecule has 0 heterocycles. The molecule has 0 amide bonds. The third-order valence-electron chi connectivity index (χ3n) is 13.5. The van der Waals surface area contributed by atoms with Crippen molar-refractivity contribution in [2.24, 2.45) is 52.3 Å². The SMILES string of the molecule is CCC(C)C(=O)O[C@H]1CC[C@@]2(C)C(CCC3C4CCC(C(C)CCC(=O)OC5(C)CCCC5)[C@@]4(C)CCC32)C1. The summed E-state index contributed by atoms with van der Waals surface area (Å²) >= 11 is 0. The van der Waals surface area contributed by atoms with Crippen LogP contribution in [0.25, 0.3) is 0 Å². The van der Waals surface area contributed by atoms with E-state index < -0.39 is 0 Å². The number of esters is 2. The predicted molar refractivity (Wildman–Crippen MR) is 156 cm³/mol. The van der Waals surface area contributed by atoms with E-state index in [1.807, 2.05) is 6.92 Å². The van der Waals surface area contributed by atoms with Crippen LogP contribution in [-0.2, 0) is 19.1 Å². The summed E-state index contributed by atoms with van der Waals surface area (Å²) in [5.74, 6) is 4.62. The summed E-state index contributed by atoms with van der Waals surface area (Å²) in [6.07, 6.45) is 18.5. The van der Waals surface area contributed by atoms with Crippen molar-refractivity contribution in [3.05, 3.63) is 0 Å². The van der Waals surface area contributed by atoms with Crippen LogP contribution < -0.4 is 0 Å². The van der Waals surface area contributed by atoms with Crippen molar-refractivity contribution >= 4 is 11.9 Å². The molecule has 10 atom stereocenters. The maximum Gasteiger partial charge on any atom is 0.308 e. The second kappa shape index (κ2) is 11.3. The Balaban J connectivity index is 1.18. The Labute approximate surface area is 239 Å². The second-order valence-electron chi connectivity index (χ2n) is 15.7. The number of carbonyl (C=O) groups excluding carboxylic acids is 2. The van der Waals surface area contributed by atoms with Gasteiger partial charge in [0.25, 0.3) is 0 Å². The van der Waals surface area contributed by atoms with Crippen molar-refractivity contribution < 1.29 is 19.1 Å². The van der Waals surface area contributed by atoms with Crippen molar-refractivity contribution in [3.8, 4) is 0 Å². The summed E-state index contributed by atoms with van der Waals surface area (Å²) in [7, 11) is 0. The van der Waals surface area contributed by atoms with Gasteiger partial charge in [-0.2, -0.15) is 0 Å². The highest BCUT2D eigenvalue weighted by molar-refractivity contribution is 5.72. The normalized spacial score (nSPS) is 42.5. The van der Waals surface area contributed by atoms with Gasteiger partial charge in [-0.3, -0.25) is 9.59 Å². The number of hydrogen-bond donors (Lipinski definition) is 0. The summed E-state index contributed by atoms with van der Waals surface area (Å²) < 4.78 is 12.0. The lowest BCUT2D eigenvalue weighted by molar-refractivity contribution is -0.166. The Morgan fingerprint density at radius 3 is 2.26 bits per heavy atom. The van der Waals surface area contributed by atoms with Crippen LogP contribution in [-0.4, -0.2) is 23.6 Å². The summed E-state index contributed by atoms with van der Waals surface area (Å²) in [5, 5.41) is 0. The lowest BCUT2D eigenvalue weighted by atomic mass is 9.44. The van der Waals surface area contributed by atoms with Gasteiger partial charge in [-0.1, -0.05) is 34.6 Å². The zero-order valence-corrected chi connectivity index (χ0v) is 26.1. The van der Waals surface area contributed by atoms with Crippen LogP contribution >= 0.6 is 0 Å². The van der Waals surface area contributed by atoms with Gasteiger partial charge in [0.15, 0.2) is 0 Å². The predicted octanol–water partition coefficient (Wildman–Crippen LogP) is 8.90. The quantitative estimate of drug-likeness (QED) is 0.287. The fourth-order valence-corrected chi connectivity index (χ4v) is 10.8. The molecule has 0 aromatic carbocycles. The largest absolute Gasteiger partial charge is 0.462 e. The zero-order chi connectivity index (χ0) is 28.0. The van der Waals surface area contributed by atoms with E-state index in [-0.39, 0.29) is 29.6 Å². The molecule has 0 bridgehead atoms. The number of ether oxygens (including phenoxy) is 2. The van der Waals surface area contributed by atoms with Crippen molar-refractivity contribution in [1.82, 2.24) is 0 Å². The van der Waals surface area contributed by atoms with E-state index in [1.54, 1.807) is 0 Å². The number of rotatable bonds is 8. The van der Waals surface area contributed by atoms with Gasteiger partial charge in [-0.15, -0.1) is 0 Å². The highest BCUT2D eigenvalue weighted by atomic mass is 16.6. The standard InChI is InChI=1S/C35H58O4/c1-7-23(2)32(37)38-26-16-20-34(5)25(22-26)11-12-27-29-14-13-28(35(29,6)21-17-30(27)34)24(3)10-15-31(36)39-33(4)18-8-9-19-33/h23-30H,7-22H2,1-6H3/t23?,24?,25?,26-,27?,28?,29?,30?,34-,35+/m0/s1. The van der Waals surface area contributed by atoms with Crippen LogP contribution in [0.2, 0.25) is 0 Å². The van der Waals surface area contributed by atoms with Crippen LogP contribution in [0, 0.1) is 52.3 Å². The Hall–Kier alpha value is -1.06. The molecule has 0 aliphatic heterocycles. The molecule has 5 aliphatic rings. The Kier molecular flexibility index (Phi) is 8.54. The number of fused-ring (bicyclic) bond motifs is 5. The first-order valence-corrected chi connectivity index (χ1v) is 16.9. The van der Waals surface area contributed by atoms with Crippen molar-refractivity contribution in [2.45, 2.75) is 156 Å². The minimum Gasteiger partial charge on any atom is -0.462 e. The molecular formula is C35H58O4. The number of hydrogen-bond acceptors (Lipinski definition) is 4. The molecule has 4 heteroatoms. The fourth-order valence-electron chi connectivity index (χ4n) is 10.8. The smallest absolute Gasteiger partial charge is 0.308 e. The van der Waals surface area contributed by atoms with Gasteiger partial charge in [0.1, 0.15) is 11.7 Å². The summed E-state index contributed by atoms with van der Waals surface area (Å²) in [4.78, 5) is 25.2. The lowest BCUT2D eigenvalue weighted by Gasteiger charge is -2.61. The molecule has 0 aromatic heterocycles. The molecule has 0 saturated heterocycles. The molecule has 5 aliphatic carbocycles. The molecule has 7 unspecified atom stereocenters. The molecule has 5 saturated carbocycles. The van der Waals surface area contributed by atoms with E-state index in [0.717, 1.165) is 62.2 Å². The Bertz CT molecular complexity index is 891. The minimum atomic E-state index is -0.202. The molecule has 0 radical (unpaired) electrons. The highest BCUT2D eigenvalue weighted by Gasteiger charge is 2.60. The summed E-state index contributed by atoms with van der Waals surface area (Å²) in [6.45, 7) is 13.9. The van der Waals surface area contributed by atoms with Gasteiger partial charge in [-0.25, -0.2) is 0 Å². The third kappa shape index (κ3) is 5.57. The maximum atomic E-state index is 12.7. The monoisotopic (exact) mass is 542 g/mol. The Morgan fingerprint density at radius 2 is 1.54 bits per heavy atom. The van der Waals surface area contributed by atoms with Gasteiger partial charge < -0.3 is 9.47 Å². The molecule has 0 N–H and O–H groups in total. The average Bonchev–Trinajstić information content (AvgIpc) is 3.49. The van der Waals surface area contributed by atoms with E-state index in [9.17, 15) is 9.59 Å². The van der Waals surface area contributed by atoms with Crippen molar-refractivity contribution in [2.75, 3.05) is 0 Å². The molecule has 4 nitrogen and oxygen atoms in total. The molecule has 0 spiro atoms. The van der Waals surface area contributed by atoms with Crippen LogP contribution in [0.1, 0.15) is 144 Å². The van der Waals surface area contributed by atoms with E-state index in [4.69, 9.17) is 9.47 Å². The van der Waals surface area contributed by atoms with Crippen LogP contribution in [0.3, 0.4) is 0 Å². The average molecular weight is 543 g/mol. The minimum absolute atomic E-state index is 0.0142. The molecule has 5 rings (SSSR count). The second-order valence-corrected chi connectivity index (χ2v) is 15.7. The third-order valence-corrected chi connectivity index (χ3v) is 13.5. The Morgan fingerprint density at radius 1 is 0.846 bits per heavy atom. The van der Waals surface area contributed by atoms with Crippen LogP contribution in [0.15, 0.2) is 0 Å². The molecular weight excluding hydrogens is 484 g/mol. The lowest BCUT2D eigenvalue weighted by Crippen LogP contribution is -2.54. The molecule has 0 aromatic rings. The summed E-state index contributed by atoms with van der Waals surface area (Å²) in [6, 6.07) is 0.